The minimum atomic E-state index is -0.115. The molecule has 146 valence electrons. The highest BCUT2D eigenvalue weighted by atomic mass is 16.3. The van der Waals surface area contributed by atoms with E-state index in [2.05, 4.69) is 21.4 Å². The Morgan fingerprint density at radius 2 is 2.17 bits per heavy atom. The number of amides is 1. The summed E-state index contributed by atoms with van der Waals surface area (Å²) in [6.07, 6.45) is 3.28. The van der Waals surface area contributed by atoms with Gasteiger partial charge in [-0.15, -0.1) is 0 Å². The number of nitrogens with two attached hydrogens (primary N) is 1. The van der Waals surface area contributed by atoms with Crippen molar-refractivity contribution in [2.75, 3.05) is 17.7 Å². The molecule has 2 heterocycles. The Balaban J connectivity index is 1.65. The number of carbonyl (C=O) groups excluding carboxylic acids is 1. The molecule has 1 aromatic carbocycles. The van der Waals surface area contributed by atoms with Crippen LogP contribution in [0.25, 0.3) is 22.0 Å². The molecule has 1 saturated carbocycles. The minimum absolute atomic E-state index is 0.0497. The average Bonchev–Trinajstić information content (AvgIpc) is 3.48. The van der Waals surface area contributed by atoms with Crippen LogP contribution in [0, 0.1) is 23.2 Å². The number of aliphatic hydroxyl groups excluding tert-OH is 1. The summed E-state index contributed by atoms with van der Waals surface area (Å²) in [5.41, 5.74) is 8.77. The van der Waals surface area contributed by atoms with Gasteiger partial charge in [-0.2, -0.15) is 5.26 Å². The molecule has 29 heavy (non-hydrogen) atoms. The fourth-order valence-corrected chi connectivity index (χ4v) is 3.62. The maximum absolute atomic E-state index is 12.3. The van der Waals surface area contributed by atoms with Crippen LogP contribution < -0.4 is 11.1 Å². The van der Waals surface area contributed by atoms with Crippen LogP contribution in [0.4, 0.5) is 11.6 Å². The number of aliphatic hydroxyl groups is 1. The summed E-state index contributed by atoms with van der Waals surface area (Å²) in [6, 6.07) is 13.6. The van der Waals surface area contributed by atoms with Crippen molar-refractivity contribution < 1.29 is 9.90 Å². The molecule has 1 aliphatic rings. The van der Waals surface area contributed by atoms with Gasteiger partial charge in [0.1, 0.15) is 11.6 Å². The second-order valence-corrected chi connectivity index (χ2v) is 7.27. The van der Waals surface area contributed by atoms with E-state index in [0.717, 1.165) is 22.9 Å². The van der Waals surface area contributed by atoms with Crippen molar-refractivity contribution >= 4 is 28.3 Å². The fourth-order valence-electron chi connectivity index (χ4n) is 3.62. The van der Waals surface area contributed by atoms with Gasteiger partial charge in [-0.3, -0.25) is 4.79 Å². The first-order valence-electron chi connectivity index (χ1n) is 9.54. The highest BCUT2D eigenvalue weighted by Crippen LogP contribution is 2.41. The predicted octanol–water partition coefficient (Wildman–Crippen LogP) is 2.90. The van der Waals surface area contributed by atoms with Crippen LogP contribution in [0.15, 0.2) is 42.6 Å². The van der Waals surface area contributed by atoms with E-state index in [4.69, 9.17) is 11.0 Å². The van der Waals surface area contributed by atoms with Crippen LogP contribution in [-0.2, 0) is 11.2 Å². The number of carbonyl (C=O) groups is 1. The van der Waals surface area contributed by atoms with Gasteiger partial charge in [-0.1, -0.05) is 24.3 Å². The van der Waals surface area contributed by atoms with Gasteiger partial charge in [-0.25, -0.2) is 9.97 Å². The third-order valence-corrected chi connectivity index (χ3v) is 5.28. The number of nitrogens with one attached hydrogen (secondary N) is 1. The lowest BCUT2D eigenvalue weighted by Gasteiger charge is -2.11. The molecule has 4 N–H and O–H groups in total. The number of rotatable bonds is 6. The van der Waals surface area contributed by atoms with Crippen molar-refractivity contribution in [3.8, 4) is 17.3 Å². The molecule has 3 aromatic rings. The first-order chi connectivity index (χ1) is 14.1. The zero-order valence-corrected chi connectivity index (χ0v) is 15.8. The van der Waals surface area contributed by atoms with Crippen LogP contribution in [0.3, 0.4) is 0 Å². The van der Waals surface area contributed by atoms with E-state index in [-0.39, 0.29) is 24.3 Å². The number of nitriles is 1. The molecule has 2 aromatic heterocycles. The summed E-state index contributed by atoms with van der Waals surface area (Å²) < 4.78 is 0. The number of aromatic nitrogens is 2. The van der Waals surface area contributed by atoms with Crippen LogP contribution in [-0.4, -0.2) is 27.6 Å². The zero-order chi connectivity index (χ0) is 20.4. The Labute approximate surface area is 168 Å². The molecule has 1 fully saturated rings. The molecule has 7 heteroatoms. The second-order valence-electron chi connectivity index (χ2n) is 7.27. The quantitative estimate of drug-likeness (QED) is 0.597. The lowest BCUT2D eigenvalue weighted by molar-refractivity contribution is -0.117. The number of pyridine rings is 2. The van der Waals surface area contributed by atoms with Crippen molar-refractivity contribution in [2.24, 2.45) is 11.8 Å². The van der Waals surface area contributed by atoms with Crippen molar-refractivity contribution in [1.29, 1.82) is 5.26 Å². The first kappa shape index (κ1) is 18.8. The lowest BCUT2D eigenvalue weighted by atomic mass is 10.0. The molecule has 0 spiro atoms. The number of fused-ring (bicyclic) bond motifs is 1. The third kappa shape index (κ3) is 3.89. The summed E-state index contributed by atoms with van der Waals surface area (Å²) in [6.45, 7) is 0.0497. The van der Waals surface area contributed by atoms with E-state index in [1.165, 1.54) is 0 Å². The largest absolute Gasteiger partial charge is 0.396 e. The molecular weight excluding hydrogens is 366 g/mol. The zero-order valence-electron chi connectivity index (χ0n) is 15.8. The van der Waals surface area contributed by atoms with Gasteiger partial charge < -0.3 is 16.2 Å². The molecule has 0 unspecified atom stereocenters. The number of nitrogen functional groups attached to an aromatic ring is 1. The van der Waals surface area contributed by atoms with Crippen LogP contribution in [0.2, 0.25) is 0 Å². The molecule has 0 saturated heterocycles. The molecule has 1 aliphatic carbocycles. The Morgan fingerprint density at radius 1 is 1.34 bits per heavy atom. The highest BCUT2D eigenvalue weighted by molar-refractivity contribution is 5.98. The van der Waals surface area contributed by atoms with Crippen molar-refractivity contribution in [3.63, 3.8) is 0 Å². The summed E-state index contributed by atoms with van der Waals surface area (Å²) in [7, 11) is 0. The highest BCUT2D eigenvalue weighted by Gasteiger charge is 2.42. The van der Waals surface area contributed by atoms with Crippen LogP contribution in [0.5, 0.6) is 0 Å². The average molecular weight is 387 g/mol. The third-order valence-electron chi connectivity index (χ3n) is 5.28. The molecular formula is C22H21N5O2. The SMILES string of the molecule is N#CC[C@@H]1C[C@H]1C(=O)Nc1cc2cc(-c3ccccc3CCO)nc(N)c2cn1. The standard InChI is InChI=1S/C22H21N5O2/c23-7-5-14-9-17(14)22(29)27-20-11-15-10-19(26-21(24)18(15)12-25-20)16-4-2-1-3-13(16)6-8-28/h1-4,10-12,14,17,28H,5-6,8-9H2,(H2,24,26)(H,25,27,29)/t14-,17-/m1/s1. The van der Waals surface area contributed by atoms with Crippen molar-refractivity contribution in [2.45, 2.75) is 19.3 Å². The molecule has 4 rings (SSSR count). The summed E-state index contributed by atoms with van der Waals surface area (Å²) in [5.74, 6) is 0.737. The van der Waals surface area contributed by atoms with Gasteiger partial charge in [-0.05, 0) is 41.8 Å². The smallest absolute Gasteiger partial charge is 0.228 e. The maximum atomic E-state index is 12.3. The van der Waals surface area contributed by atoms with Crippen LogP contribution in [0.1, 0.15) is 18.4 Å². The normalized spacial score (nSPS) is 17.7. The van der Waals surface area contributed by atoms with Gasteiger partial charge >= 0.3 is 0 Å². The Kier molecular flexibility index (Phi) is 5.10. The molecule has 7 nitrogen and oxygen atoms in total. The second kappa shape index (κ2) is 7.86. The summed E-state index contributed by atoms with van der Waals surface area (Å²) in [5, 5.41) is 22.5. The monoisotopic (exact) mass is 387 g/mol. The maximum Gasteiger partial charge on any atom is 0.228 e. The molecule has 2 atom stereocenters. The van der Waals surface area contributed by atoms with Crippen LogP contribution >= 0.6 is 0 Å². The molecule has 0 radical (unpaired) electrons. The topological polar surface area (TPSA) is 125 Å². The van der Waals surface area contributed by atoms with Gasteiger partial charge in [0.25, 0.3) is 0 Å². The Morgan fingerprint density at radius 3 is 2.97 bits per heavy atom. The van der Waals surface area contributed by atoms with E-state index in [1.54, 1.807) is 12.3 Å². The van der Waals surface area contributed by atoms with E-state index in [9.17, 15) is 9.90 Å². The van der Waals surface area contributed by atoms with E-state index in [0.29, 0.717) is 35.6 Å². The first-order valence-corrected chi connectivity index (χ1v) is 9.54. The summed E-state index contributed by atoms with van der Waals surface area (Å²) >= 11 is 0. The van der Waals surface area contributed by atoms with E-state index >= 15 is 0 Å². The van der Waals surface area contributed by atoms with Gasteiger partial charge in [0, 0.05) is 36.1 Å². The fraction of sp³-hybridized carbons (Fsp3) is 0.273. The number of anilines is 2. The molecule has 1 amide bonds. The van der Waals surface area contributed by atoms with Crippen molar-refractivity contribution in [3.05, 3.63) is 48.2 Å². The molecule has 0 bridgehead atoms. The summed E-state index contributed by atoms with van der Waals surface area (Å²) in [4.78, 5) is 21.1. The number of nitrogens with zero attached hydrogens (tertiary/aromatic N) is 3. The van der Waals surface area contributed by atoms with E-state index in [1.807, 2.05) is 30.3 Å². The number of hydrogen-bond donors (Lipinski definition) is 3. The van der Waals surface area contributed by atoms with Gasteiger partial charge in [0.2, 0.25) is 5.91 Å². The Hall–Kier alpha value is -3.50. The minimum Gasteiger partial charge on any atom is -0.396 e. The number of hydrogen-bond acceptors (Lipinski definition) is 6. The van der Waals surface area contributed by atoms with E-state index < -0.39 is 0 Å². The predicted molar refractivity (Wildman–Crippen MR) is 111 cm³/mol. The number of benzene rings is 1. The molecule has 0 aliphatic heterocycles. The van der Waals surface area contributed by atoms with Crippen molar-refractivity contribution in [1.82, 2.24) is 9.97 Å². The Bertz CT molecular complexity index is 1120. The van der Waals surface area contributed by atoms with Gasteiger partial charge in [0.05, 0.1) is 11.8 Å². The lowest BCUT2D eigenvalue weighted by Crippen LogP contribution is -2.15. The van der Waals surface area contributed by atoms with Gasteiger partial charge in [0.15, 0.2) is 0 Å².